The molecule has 0 aliphatic carbocycles. The topological polar surface area (TPSA) is 35.6 Å². The van der Waals surface area contributed by atoms with Gasteiger partial charge < -0.3 is 15.1 Å². The standard InChI is InChI=1S/C17H23N3O/c1-3-4-5-6-17(21)18-15-7-9-16(10-8-15)20-13-11-19(2)12-14-20/h3-10H,11-14H2,1-2H3,(H,18,21)/b4-3+,6-5+. The lowest BCUT2D eigenvalue weighted by Gasteiger charge is -2.34. The molecule has 0 spiro atoms. The number of hydrogen-bond acceptors (Lipinski definition) is 3. The van der Waals surface area contributed by atoms with Crippen LogP contribution < -0.4 is 10.2 Å². The van der Waals surface area contributed by atoms with Gasteiger partial charge in [0.1, 0.15) is 0 Å². The molecule has 1 amide bonds. The van der Waals surface area contributed by atoms with Crippen LogP contribution in [0.1, 0.15) is 6.92 Å². The van der Waals surface area contributed by atoms with Crippen molar-refractivity contribution in [1.82, 2.24) is 4.90 Å². The van der Waals surface area contributed by atoms with Crippen molar-refractivity contribution in [2.45, 2.75) is 6.92 Å². The van der Waals surface area contributed by atoms with Gasteiger partial charge >= 0.3 is 0 Å². The number of anilines is 2. The molecule has 1 heterocycles. The highest BCUT2D eigenvalue weighted by Crippen LogP contribution is 2.19. The van der Waals surface area contributed by atoms with Crippen LogP contribution in [0.5, 0.6) is 0 Å². The normalized spacial score (nSPS) is 16.8. The quantitative estimate of drug-likeness (QED) is 0.682. The predicted molar refractivity (Wildman–Crippen MR) is 88.7 cm³/mol. The minimum atomic E-state index is -0.111. The molecule has 4 heteroatoms. The maximum absolute atomic E-state index is 11.7. The number of likely N-dealkylation sites (N-methyl/N-ethyl adjacent to an activating group) is 1. The third kappa shape index (κ3) is 4.76. The molecule has 0 aromatic heterocycles. The molecule has 1 saturated heterocycles. The van der Waals surface area contributed by atoms with E-state index < -0.39 is 0 Å². The molecule has 1 aromatic rings. The number of allylic oxidation sites excluding steroid dienone is 3. The van der Waals surface area contributed by atoms with Gasteiger partial charge in [-0.15, -0.1) is 0 Å². The Morgan fingerprint density at radius 1 is 1.10 bits per heavy atom. The fraction of sp³-hybridized carbons (Fsp3) is 0.353. The van der Waals surface area contributed by atoms with Crippen LogP contribution in [0.3, 0.4) is 0 Å². The van der Waals surface area contributed by atoms with Crippen molar-refractivity contribution < 1.29 is 4.79 Å². The number of carbonyl (C=O) groups excluding carboxylic acids is 1. The lowest BCUT2D eigenvalue weighted by molar-refractivity contribution is -0.111. The highest BCUT2D eigenvalue weighted by molar-refractivity contribution is 5.99. The van der Waals surface area contributed by atoms with E-state index in [-0.39, 0.29) is 5.91 Å². The molecule has 21 heavy (non-hydrogen) atoms. The van der Waals surface area contributed by atoms with Crippen molar-refractivity contribution in [2.75, 3.05) is 43.4 Å². The van der Waals surface area contributed by atoms with E-state index in [0.717, 1.165) is 31.9 Å². The Morgan fingerprint density at radius 3 is 2.38 bits per heavy atom. The summed E-state index contributed by atoms with van der Waals surface area (Å²) in [5.74, 6) is -0.111. The van der Waals surface area contributed by atoms with Gasteiger partial charge in [-0.1, -0.05) is 18.2 Å². The Bertz CT molecular complexity index is 511. The fourth-order valence-corrected chi connectivity index (χ4v) is 2.26. The lowest BCUT2D eigenvalue weighted by atomic mass is 10.2. The number of rotatable bonds is 4. The van der Waals surface area contributed by atoms with Crippen LogP contribution in [-0.4, -0.2) is 44.0 Å². The number of hydrogen-bond donors (Lipinski definition) is 1. The van der Waals surface area contributed by atoms with Crippen LogP contribution in [0.2, 0.25) is 0 Å². The van der Waals surface area contributed by atoms with Crippen LogP contribution in [-0.2, 0) is 4.79 Å². The first kappa shape index (κ1) is 15.3. The molecule has 0 atom stereocenters. The number of nitrogens with zero attached hydrogens (tertiary/aromatic N) is 2. The van der Waals surface area contributed by atoms with E-state index in [9.17, 15) is 4.79 Å². The average molecular weight is 285 g/mol. The molecule has 112 valence electrons. The van der Waals surface area contributed by atoms with Gasteiger partial charge in [0.05, 0.1) is 0 Å². The summed E-state index contributed by atoms with van der Waals surface area (Å²) >= 11 is 0. The van der Waals surface area contributed by atoms with Crippen molar-refractivity contribution in [3.05, 3.63) is 48.6 Å². The Labute approximate surface area is 126 Å². The highest BCUT2D eigenvalue weighted by Gasteiger charge is 2.13. The van der Waals surface area contributed by atoms with Crippen LogP contribution in [0, 0.1) is 0 Å². The predicted octanol–water partition coefficient (Wildman–Crippen LogP) is 2.51. The average Bonchev–Trinajstić information content (AvgIpc) is 2.49. The maximum Gasteiger partial charge on any atom is 0.248 e. The van der Waals surface area contributed by atoms with E-state index in [4.69, 9.17) is 0 Å². The van der Waals surface area contributed by atoms with E-state index in [1.165, 1.54) is 11.8 Å². The van der Waals surface area contributed by atoms with Gasteiger partial charge in [-0.2, -0.15) is 0 Å². The Kier molecular flexibility index (Phi) is 5.58. The molecule has 2 rings (SSSR count). The summed E-state index contributed by atoms with van der Waals surface area (Å²) in [6.07, 6.45) is 6.97. The minimum absolute atomic E-state index is 0.111. The first-order valence-electron chi connectivity index (χ1n) is 7.33. The summed E-state index contributed by atoms with van der Waals surface area (Å²) in [5, 5.41) is 2.85. The Balaban J connectivity index is 1.91. The number of amides is 1. The molecule has 1 N–H and O–H groups in total. The third-order valence-corrected chi connectivity index (χ3v) is 3.55. The number of nitrogens with one attached hydrogen (secondary N) is 1. The zero-order valence-electron chi connectivity index (χ0n) is 12.7. The summed E-state index contributed by atoms with van der Waals surface area (Å²) in [4.78, 5) is 16.4. The molecule has 1 aromatic carbocycles. The molecule has 0 saturated carbocycles. The summed E-state index contributed by atoms with van der Waals surface area (Å²) in [5.41, 5.74) is 2.04. The van der Waals surface area contributed by atoms with Gasteiger partial charge in [0, 0.05) is 43.6 Å². The van der Waals surface area contributed by atoms with Gasteiger partial charge in [-0.05, 0) is 38.2 Å². The molecular formula is C17H23N3O. The van der Waals surface area contributed by atoms with E-state index in [2.05, 4.69) is 34.3 Å². The maximum atomic E-state index is 11.7. The van der Waals surface area contributed by atoms with Crippen molar-refractivity contribution in [1.29, 1.82) is 0 Å². The van der Waals surface area contributed by atoms with Crippen LogP contribution in [0.4, 0.5) is 11.4 Å². The second-order valence-corrected chi connectivity index (χ2v) is 5.21. The van der Waals surface area contributed by atoms with Crippen molar-refractivity contribution in [3.63, 3.8) is 0 Å². The second kappa shape index (κ2) is 7.64. The van der Waals surface area contributed by atoms with Gasteiger partial charge in [-0.3, -0.25) is 4.79 Å². The molecule has 1 fully saturated rings. The van der Waals surface area contributed by atoms with E-state index in [1.54, 1.807) is 6.08 Å². The molecule has 0 bridgehead atoms. The smallest absolute Gasteiger partial charge is 0.248 e. The highest BCUT2D eigenvalue weighted by atomic mass is 16.1. The molecule has 1 aliphatic heterocycles. The summed E-state index contributed by atoms with van der Waals surface area (Å²) in [7, 11) is 2.15. The summed E-state index contributed by atoms with van der Waals surface area (Å²) in [6.45, 7) is 6.20. The molecular weight excluding hydrogens is 262 g/mol. The zero-order chi connectivity index (χ0) is 15.1. The Hall–Kier alpha value is -2.07. The van der Waals surface area contributed by atoms with Gasteiger partial charge in [0.2, 0.25) is 5.91 Å². The van der Waals surface area contributed by atoms with E-state index >= 15 is 0 Å². The monoisotopic (exact) mass is 285 g/mol. The lowest BCUT2D eigenvalue weighted by Crippen LogP contribution is -2.44. The van der Waals surface area contributed by atoms with Crippen LogP contribution >= 0.6 is 0 Å². The van der Waals surface area contributed by atoms with Crippen molar-refractivity contribution in [3.8, 4) is 0 Å². The zero-order valence-corrected chi connectivity index (χ0v) is 12.7. The SMILES string of the molecule is C/C=C/C=C/C(=O)Nc1ccc(N2CCN(C)CC2)cc1. The van der Waals surface area contributed by atoms with Crippen molar-refractivity contribution in [2.24, 2.45) is 0 Å². The molecule has 0 unspecified atom stereocenters. The first-order valence-corrected chi connectivity index (χ1v) is 7.33. The number of benzene rings is 1. The summed E-state index contributed by atoms with van der Waals surface area (Å²) < 4.78 is 0. The fourth-order valence-electron chi connectivity index (χ4n) is 2.26. The van der Waals surface area contributed by atoms with Gasteiger partial charge in [0.15, 0.2) is 0 Å². The Morgan fingerprint density at radius 2 is 1.76 bits per heavy atom. The van der Waals surface area contributed by atoms with Crippen molar-refractivity contribution >= 4 is 17.3 Å². The van der Waals surface area contributed by atoms with E-state index in [1.807, 2.05) is 31.2 Å². The van der Waals surface area contributed by atoms with E-state index in [0.29, 0.717) is 0 Å². The number of carbonyl (C=O) groups is 1. The minimum Gasteiger partial charge on any atom is -0.369 e. The van der Waals surface area contributed by atoms with Gasteiger partial charge in [-0.25, -0.2) is 0 Å². The summed E-state index contributed by atoms with van der Waals surface area (Å²) in [6, 6.07) is 8.04. The van der Waals surface area contributed by atoms with Crippen LogP contribution in [0.25, 0.3) is 0 Å². The first-order chi connectivity index (χ1) is 10.2. The third-order valence-electron chi connectivity index (χ3n) is 3.55. The second-order valence-electron chi connectivity index (χ2n) is 5.21. The largest absolute Gasteiger partial charge is 0.369 e. The van der Waals surface area contributed by atoms with Gasteiger partial charge in [0.25, 0.3) is 0 Å². The molecule has 0 radical (unpaired) electrons. The molecule has 1 aliphatic rings. The number of piperazine rings is 1. The van der Waals surface area contributed by atoms with Crippen LogP contribution in [0.15, 0.2) is 48.6 Å². The molecule has 4 nitrogen and oxygen atoms in total.